The van der Waals surface area contributed by atoms with E-state index in [0.717, 1.165) is 19.1 Å². The first-order chi connectivity index (χ1) is 8.78. The first-order valence-corrected chi connectivity index (χ1v) is 7.73. The molecule has 7 heteroatoms. The van der Waals surface area contributed by atoms with E-state index in [-0.39, 0.29) is 11.6 Å². The number of carbonyl (C=O) groups excluding carboxylic acids is 1. The molecule has 3 N–H and O–H groups in total. The molecule has 5 nitrogen and oxygen atoms in total. The molecule has 1 unspecified atom stereocenters. The highest BCUT2D eigenvalue weighted by Gasteiger charge is 2.36. The third-order valence-corrected chi connectivity index (χ3v) is 3.64. The quantitative estimate of drug-likeness (QED) is 0.851. The summed E-state index contributed by atoms with van der Waals surface area (Å²) in [5.41, 5.74) is 5.68. The van der Waals surface area contributed by atoms with Crippen molar-refractivity contribution in [1.29, 1.82) is 0 Å². The monoisotopic (exact) mass is 286 g/mol. The van der Waals surface area contributed by atoms with Gasteiger partial charge in [0, 0.05) is 0 Å². The highest BCUT2D eigenvalue weighted by atomic mass is 32.2. The number of halogens is 1. The van der Waals surface area contributed by atoms with Crippen LogP contribution in [0.2, 0.25) is 0 Å². The van der Waals surface area contributed by atoms with E-state index < -0.39 is 27.7 Å². The number of anilines is 1. The van der Waals surface area contributed by atoms with Gasteiger partial charge in [-0.2, -0.15) is 0 Å². The van der Waals surface area contributed by atoms with Gasteiger partial charge in [-0.1, -0.05) is 6.07 Å². The van der Waals surface area contributed by atoms with Crippen molar-refractivity contribution in [3.8, 4) is 0 Å². The molecule has 0 aliphatic heterocycles. The number of hydrogen-bond acceptors (Lipinski definition) is 3. The van der Waals surface area contributed by atoms with Gasteiger partial charge in [-0.3, -0.25) is 9.52 Å². The van der Waals surface area contributed by atoms with E-state index in [0.29, 0.717) is 5.56 Å². The van der Waals surface area contributed by atoms with Crippen LogP contribution in [0.4, 0.5) is 10.1 Å². The molecule has 0 bridgehead atoms. The van der Waals surface area contributed by atoms with Gasteiger partial charge in [-0.15, -0.1) is 0 Å². The van der Waals surface area contributed by atoms with E-state index in [1.807, 2.05) is 0 Å². The van der Waals surface area contributed by atoms with E-state index in [9.17, 15) is 17.6 Å². The highest BCUT2D eigenvalue weighted by Crippen LogP contribution is 2.42. The van der Waals surface area contributed by atoms with Crippen LogP contribution < -0.4 is 10.5 Å². The topological polar surface area (TPSA) is 89.3 Å². The Balaban J connectivity index is 2.30. The summed E-state index contributed by atoms with van der Waals surface area (Å²) in [6.07, 6.45) is 2.74. The van der Waals surface area contributed by atoms with Crippen LogP contribution in [-0.2, 0) is 14.8 Å². The average molecular weight is 286 g/mol. The lowest BCUT2D eigenvalue weighted by Crippen LogP contribution is -2.23. The van der Waals surface area contributed by atoms with Gasteiger partial charge in [0.1, 0.15) is 5.82 Å². The van der Waals surface area contributed by atoms with Gasteiger partial charge in [0.2, 0.25) is 15.9 Å². The van der Waals surface area contributed by atoms with E-state index in [2.05, 4.69) is 4.72 Å². The summed E-state index contributed by atoms with van der Waals surface area (Å²) in [4.78, 5) is 11.4. The Labute approximate surface area is 111 Å². The molecule has 1 amide bonds. The molecule has 1 atom stereocenters. The van der Waals surface area contributed by atoms with Crippen LogP contribution in [-0.4, -0.2) is 20.6 Å². The van der Waals surface area contributed by atoms with Crippen molar-refractivity contribution in [3.05, 3.63) is 29.6 Å². The largest absolute Gasteiger partial charge is 0.369 e. The van der Waals surface area contributed by atoms with Crippen molar-refractivity contribution in [2.45, 2.75) is 18.8 Å². The normalized spacial score (nSPS) is 16.9. The summed E-state index contributed by atoms with van der Waals surface area (Å²) < 4.78 is 38.0. The second-order valence-corrected chi connectivity index (χ2v) is 6.58. The Morgan fingerprint density at radius 2 is 2.11 bits per heavy atom. The minimum Gasteiger partial charge on any atom is -0.369 e. The van der Waals surface area contributed by atoms with Gasteiger partial charge in [0.05, 0.1) is 17.9 Å². The van der Waals surface area contributed by atoms with Crippen molar-refractivity contribution < 1.29 is 17.6 Å². The molecule has 1 fully saturated rings. The highest BCUT2D eigenvalue weighted by molar-refractivity contribution is 7.92. The number of amides is 1. The summed E-state index contributed by atoms with van der Waals surface area (Å²) in [5.74, 6) is -1.52. The maximum absolute atomic E-state index is 13.8. The van der Waals surface area contributed by atoms with Crippen molar-refractivity contribution in [3.63, 3.8) is 0 Å². The summed E-state index contributed by atoms with van der Waals surface area (Å²) in [5, 5.41) is 0. The first kappa shape index (κ1) is 13.8. The Morgan fingerprint density at radius 3 is 2.53 bits per heavy atom. The zero-order valence-corrected chi connectivity index (χ0v) is 11.2. The van der Waals surface area contributed by atoms with Gasteiger partial charge < -0.3 is 5.73 Å². The standard InChI is InChI=1S/C12H15FN2O3S/c1-19(17,18)15-10-5-4-8(6-9(10)13)11(12(14)16)7-2-3-7/h4-7,11,15H,2-3H2,1H3,(H2,14,16). The van der Waals surface area contributed by atoms with Gasteiger partial charge >= 0.3 is 0 Å². The smallest absolute Gasteiger partial charge is 0.229 e. The fourth-order valence-corrected chi connectivity index (χ4v) is 2.67. The van der Waals surface area contributed by atoms with Crippen LogP contribution in [0, 0.1) is 11.7 Å². The molecule has 0 aromatic heterocycles. The fraction of sp³-hybridized carbons (Fsp3) is 0.417. The molecule has 0 heterocycles. The van der Waals surface area contributed by atoms with Crippen molar-refractivity contribution in [2.75, 3.05) is 11.0 Å². The molecule has 1 aliphatic carbocycles. The zero-order chi connectivity index (χ0) is 14.2. The molecule has 0 saturated heterocycles. The van der Waals surface area contributed by atoms with Crippen LogP contribution in [0.25, 0.3) is 0 Å². The second-order valence-electron chi connectivity index (χ2n) is 4.83. The number of sulfonamides is 1. The summed E-state index contributed by atoms with van der Waals surface area (Å²) in [6, 6.07) is 4.01. The molecule has 0 radical (unpaired) electrons. The van der Waals surface area contributed by atoms with E-state index in [1.165, 1.54) is 18.2 Å². The molecule has 0 spiro atoms. The van der Waals surface area contributed by atoms with Crippen molar-refractivity contribution in [1.82, 2.24) is 0 Å². The van der Waals surface area contributed by atoms with Gasteiger partial charge in [0.25, 0.3) is 0 Å². The molecule has 104 valence electrons. The summed E-state index contributed by atoms with van der Waals surface area (Å²) in [6.45, 7) is 0. The van der Waals surface area contributed by atoms with Crippen LogP contribution in [0.1, 0.15) is 24.3 Å². The number of carbonyl (C=O) groups is 1. The maximum atomic E-state index is 13.8. The Kier molecular flexibility index (Phi) is 3.49. The maximum Gasteiger partial charge on any atom is 0.229 e. The van der Waals surface area contributed by atoms with Gasteiger partial charge in [0.15, 0.2) is 0 Å². The van der Waals surface area contributed by atoms with Gasteiger partial charge in [-0.05, 0) is 36.5 Å². The number of hydrogen-bond donors (Lipinski definition) is 2. The SMILES string of the molecule is CS(=O)(=O)Nc1ccc(C(C(N)=O)C2CC2)cc1F. The predicted octanol–water partition coefficient (Wildman–Crippen LogP) is 1.18. The lowest BCUT2D eigenvalue weighted by atomic mass is 9.93. The molecule has 1 aromatic carbocycles. The number of nitrogens with two attached hydrogens (primary N) is 1. The minimum absolute atomic E-state index is 0.134. The molecule has 1 saturated carbocycles. The molecular formula is C12H15FN2O3S. The van der Waals surface area contributed by atoms with Crippen LogP contribution in [0.15, 0.2) is 18.2 Å². The average Bonchev–Trinajstić information content (AvgIpc) is 3.04. The zero-order valence-electron chi connectivity index (χ0n) is 10.4. The fourth-order valence-electron chi connectivity index (χ4n) is 2.11. The third kappa shape index (κ3) is 3.44. The number of primary amides is 1. The van der Waals surface area contributed by atoms with Crippen LogP contribution in [0.5, 0.6) is 0 Å². The van der Waals surface area contributed by atoms with Crippen molar-refractivity contribution in [2.24, 2.45) is 11.7 Å². The number of nitrogens with one attached hydrogen (secondary N) is 1. The predicted molar refractivity (Wildman–Crippen MR) is 69.5 cm³/mol. The Morgan fingerprint density at radius 1 is 1.47 bits per heavy atom. The summed E-state index contributed by atoms with van der Waals surface area (Å²) in [7, 11) is -3.53. The number of rotatable bonds is 5. The van der Waals surface area contributed by atoms with Crippen LogP contribution >= 0.6 is 0 Å². The van der Waals surface area contributed by atoms with E-state index >= 15 is 0 Å². The van der Waals surface area contributed by atoms with E-state index in [1.54, 1.807) is 0 Å². The molecule has 2 rings (SSSR count). The third-order valence-electron chi connectivity index (χ3n) is 3.05. The second kappa shape index (κ2) is 4.80. The number of benzene rings is 1. The van der Waals surface area contributed by atoms with Gasteiger partial charge in [-0.25, -0.2) is 12.8 Å². The first-order valence-electron chi connectivity index (χ1n) is 5.84. The van der Waals surface area contributed by atoms with Crippen LogP contribution in [0.3, 0.4) is 0 Å². The minimum atomic E-state index is -3.53. The summed E-state index contributed by atoms with van der Waals surface area (Å²) >= 11 is 0. The lowest BCUT2D eigenvalue weighted by Gasteiger charge is -2.14. The molecule has 1 aromatic rings. The molecule has 1 aliphatic rings. The molecule has 19 heavy (non-hydrogen) atoms. The Bertz CT molecular complexity index is 611. The Hall–Kier alpha value is -1.63. The van der Waals surface area contributed by atoms with E-state index in [4.69, 9.17) is 5.73 Å². The van der Waals surface area contributed by atoms with Crippen molar-refractivity contribution >= 4 is 21.6 Å². The lowest BCUT2D eigenvalue weighted by molar-refractivity contribution is -0.119. The molecular weight excluding hydrogens is 271 g/mol.